The van der Waals surface area contributed by atoms with Crippen molar-refractivity contribution in [1.82, 2.24) is 4.90 Å². The maximum atomic E-state index is 5.87. The average Bonchev–Trinajstić information content (AvgIpc) is 2.16. The fraction of sp³-hybridized carbons (Fsp3) is 0.538. The lowest BCUT2D eigenvalue weighted by atomic mass is 10.1. The van der Waals surface area contributed by atoms with Gasteiger partial charge in [0.1, 0.15) is 5.75 Å². The third kappa shape index (κ3) is 3.74. The van der Waals surface area contributed by atoms with Crippen LogP contribution in [0.5, 0.6) is 5.75 Å². The standard InChI is InChI=1S/C13H22N2O/c1-10(2)8-15(3)9-11-5-6-13(16-4)12(14)7-11/h5-7,10H,8-9,14H2,1-4H3. The van der Waals surface area contributed by atoms with Crippen LogP contribution in [0.2, 0.25) is 0 Å². The zero-order chi connectivity index (χ0) is 12.1. The third-order valence-corrected chi connectivity index (χ3v) is 2.42. The Balaban J connectivity index is 2.64. The quantitative estimate of drug-likeness (QED) is 0.777. The number of methoxy groups -OCH3 is 1. The van der Waals surface area contributed by atoms with Crippen molar-refractivity contribution < 1.29 is 4.74 Å². The number of ether oxygens (including phenoxy) is 1. The summed E-state index contributed by atoms with van der Waals surface area (Å²) < 4.78 is 5.13. The number of nitrogens with two attached hydrogens (primary N) is 1. The monoisotopic (exact) mass is 222 g/mol. The number of nitrogen functional groups attached to an aromatic ring is 1. The van der Waals surface area contributed by atoms with Crippen LogP contribution in [0, 0.1) is 5.92 Å². The molecular weight excluding hydrogens is 200 g/mol. The maximum absolute atomic E-state index is 5.87. The van der Waals surface area contributed by atoms with Gasteiger partial charge in [-0.3, -0.25) is 0 Å². The Bertz CT molecular complexity index is 337. The van der Waals surface area contributed by atoms with Crippen molar-refractivity contribution in [3.05, 3.63) is 23.8 Å². The van der Waals surface area contributed by atoms with Gasteiger partial charge in [0, 0.05) is 13.1 Å². The van der Waals surface area contributed by atoms with Gasteiger partial charge in [-0.15, -0.1) is 0 Å². The molecule has 0 bridgehead atoms. The number of hydrogen-bond acceptors (Lipinski definition) is 3. The van der Waals surface area contributed by atoms with Gasteiger partial charge in [-0.1, -0.05) is 19.9 Å². The molecule has 0 unspecified atom stereocenters. The largest absolute Gasteiger partial charge is 0.495 e. The van der Waals surface area contributed by atoms with E-state index in [1.165, 1.54) is 5.56 Å². The summed E-state index contributed by atoms with van der Waals surface area (Å²) in [4.78, 5) is 2.30. The molecule has 0 aliphatic heterocycles. The Labute approximate surface area is 98.2 Å². The summed E-state index contributed by atoms with van der Waals surface area (Å²) in [6.45, 7) is 6.45. The molecular formula is C13H22N2O. The molecule has 0 fully saturated rings. The second-order valence-corrected chi connectivity index (χ2v) is 4.67. The van der Waals surface area contributed by atoms with E-state index in [1.54, 1.807) is 7.11 Å². The van der Waals surface area contributed by atoms with Crippen molar-refractivity contribution >= 4 is 5.69 Å². The van der Waals surface area contributed by atoms with Crippen LogP contribution in [0.15, 0.2) is 18.2 Å². The summed E-state index contributed by atoms with van der Waals surface area (Å²) in [6.07, 6.45) is 0. The second kappa shape index (κ2) is 5.75. The highest BCUT2D eigenvalue weighted by Crippen LogP contribution is 2.22. The number of rotatable bonds is 5. The molecule has 90 valence electrons. The van der Waals surface area contributed by atoms with Crippen molar-refractivity contribution in [3.8, 4) is 5.75 Å². The van der Waals surface area contributed by atoms with Gasteiger partial charge in [0.15, 0.2) is 0 Å². The van der Waals surface area contributed by atoms with Gasteiger partial charge in [0.05, 0.1) is 12.8 Å². The molecule has 0 aliphatic carbocycles. The van der Waals surface area contributed by atoms with Gasteiger partial charge in [0.2, 0.25) is 0 Å². The van der Waals surface area contributed by atoms with Gasteiger partial charge in [0.25, 0.3) is 0 Å². The lowest BCUT2D eigenvalue weighted by Gasteiger charge is -2.19. The second-order valence-electron chi connectivity index (χ2n) is 4.67. The van der Waals surface area contributed by atoms with Gasteiger partial charge >= 0.3 is 0 Å². The van der Waals surface area contributed by atoms with Crippen LogP contribution < -0.4 is 10.5 Å². The molecule has 0 amide bonds. The summed E-state index contributed by atoms with van der Waals surface area (Å²) in [7, 11) is 3.76. The topological polar surface area (TPSA) is 38.5 Å². The van der Waals surface area contributed by atoms with E-state index in [0.29, 0.717) is 11.6 Å². The minimum absolute atomic E-state index is 0.681. The smallest absolute Gasteiger partial charge is 0.141 e. The van der Waals surface area contributed by atoms with E-state index in [2.05, 4.69) is 31.9 Å². The molecule has 1 aromatic rings. The number of nitrogens with zero attached hydrogens (tertiary/aromatic N) is 1. The Hall–Kier alpha value is -1.22. The van der Waals surface area contributed by atoms with Crippen molar-refractivity contribution in [1.29, 1.82) is 0 Å². The predicted octanol–water partition coefficient (Wildman–Crippen LogP) is 2.37. The first kappa shape index (κ1) is 12.8. The SMILES string of the molecule is COc1ccc(CN(C)CC(C)C)cc1N. The van der Waals surface area contributed by atoms with Crippen molar-refractivity contribution in [2.24, 2.45) is 5.92 Å². The van der Waals surface area contributed by atoms with Crippen molar-refractivity contribution in [2.75, 3.05) is 26.4 Å². The Kier molecular flexibility index (Phi) is 4.62. The molecule has 0 heterocycles. The zero-order valence-electron chi connectivity index (χ0n) is 10.7. The van der Waals surface area contributed by atoms with Crippen LogP contribution in [0.1, 0.15) is 19.4 Å². The average molecular weight is 222 g/mol. The molecule has 1 aromatic carbocycles. The third-order valence-electron chi connectivity index (χ3n) is 2.42. The molecule has 0 aromatic heterocycles. The summed E-state index contributed by atoms with van der Waals surface area (Å²) in [5.41, 5.74) is 7.80. The molecule has 3 nitrogen and oxygen atoms in total. The molecule has 16 heavy (non-hydrogen) atoms. The summed E-state index contributed by atoms with van der Waals surface area (Å²) in [5, 5.41) is 0. The molecule has 0 radical (unpaired) electrons. The normalized spacial score (nSPS) is 11.1. The van der Waals surface area contributed by atoms with E-state index in [9.17, 15) is 0 Å². The Morgan fingerprint density at radius 1 is 1.38 bits per heavy atom. The highest BCUT2D eigenvalue weighted by atomic mass is 16.5. The van der Waals surface area contributed by atoms with Gasteiger partial charge in [-0.25, -0.2) is 0 Å². The molecule has 0 aliphatic rings. The highest BCUT2D eigenvalue weighted by Gasteiger charge is 2.05. The number of hydrogen-bond donors (Lipinski definition) is 1. The molecule has 3 heteroatoms. The minimum Gasteiger partial charge on any atom is -0.495 e. The van der Waals surface area contributed by atoms with Crippen LogP contribution >= 0.6 is 0 Å². The van der Waals surface area contributed by atoms with Gasteiger partial charge in [-0.05, 0) is 30.7 Å². The highest BCUT2D eigenvalue weighted by molar-refractivity contribution is 5.54. The van der Waals surface area contributed by atoms with Gasteiger partial charge < -0.3 is 15.4 Å². The Morgan fingerprint density at radius 2 is 2.06 bits per heavy atom. The lowest BCUT2D eigenvalue weighted by Crippen LogP contribution is -2.22. The van der Waals surface area contributed by atoms with Gasteiger partial charge in [-0.2, -0.15) is 0 Å². The summed E-state index contributed by atoms with van der Waals surface area (Å²) in [6, 6.07) is 5.97. The van der Waals surface area contributed by atoms with E-state index < -0.39 is 0 Å². The van der Waals surface area contributed by atoms with Crippen LogP contribution in [0.3, 0.4) is 0 Å². The maximum Gasteiger partial charge on any atom is 0.141 e. The van der Waals surface area contributed by atoms with E-state index in [-0.39, 0.29) is 0 Å². The minimum atomic E-state index is 0.681. The number of anilines is 1. The van der Waals surface area contributed by atoms with Crippen molar-refractivity contribution in [2.45, 2.75) is 20.4 Å². The molecule has 2 N–H and O–H groups in total. The number of benzene rings is 1. The first-order valence-corrected chi connectivity index (χ1v) is 5.64. The van der Waals surface area contributed by atoms with E-state index in [1.807, 2.05) is 12.1 Å². The van der Waals surface area contributed by atoms with Crippen LogP contribution in [-0.2, 0) is 6.54 Å². The molecule has 0 atom stereocenters. The van der Waals surface area contributed by atoms with Crippen LogP contribution in [-0.4, -0.2) is 25.6 Å². The molecule has 0 saturated heterocycles. The van der Waals surface area contributed by atoms with E-state index >= 15 is 0 Å². The molecule has 0 spiro atoms. The van der Waals surface area contributed by atoms with Crippen LogP contribution in [0.4, 0.5) is 5.69 Å². The molecule has 1 rings (SSSR count). The van der Waals surface area contributed by atoms with E-state index in [0.717, 1.165) is 18.8 Å². The summed E-state index contributed by atoms with van der Waals surface area (Å²) >= 11 is 0. The lowest BCUT2D eigenvalue weighted by molar-refractivity contribution is 0.288. The fourth-order valence-corrected chi connectivity index (χ4v) is 1.88. The molecule has 0 saturated carbocycles. The summed E-state index contributed by atoms with van der Waals surface area (Å²) in [5.74, 6) is 1.43. The first-order valence-electron chi connectivity index (χ1n) is 5.64. The van der Waals surface area contributed by atoms with E-state index in [4.69, 9.17) is 10.5 Å². The van der Waals surface area contributed by atoms with Crippen LogP contribution in [0.25, 0.3) is 0 Å². The zero-order valence-corrected chi connectivity index (χ0v) is 10.7. The first-order chi connectivity index (χ1) is 7.52. The predicted molar refractivity (Wildman–Crippen MR) is 68.6 cm³/mol. The Morgan fingerprint density at radius 3 is 2.56 bits per heavy atom. The fourth-order valence-electron chi connectivity index (χ4n) is 1.88. The van der Waals surface area contributed by atoms with Crippen molar-refractivity contribution in [3.63, 3.8) is 0 Å².